The van der Waals surface area contributed by atoms with E-state index in [-0.39, 0.29) is 11.7 Å². The Bertz CT molecular complexity index is 329. The van der Waals surface area contributed by atoms with Gasteiger partial charge in [-0.2, -0.15) is 0 Å². The number of hydrogen-bond donors (Lipinski definition) is 0. The highest BCUT2D eigenvalue weighted by Crippen LogP contribution is 2.27. The van der Waals surface area contributed by atoms with E-state index in [0.717, 1.165) is 25.2 Å². The summed E-state index contributed by atoms with van der Waals surface area (Å²) in [5, 5.41) is 0. The van der Waals surface area contributed by atoms with Crippen LogP contribution in [0.4, 0.5) is 0 Å². The molecule has 0 bridgehead atoms. The molecule has 1 saturated heterocycles. The highest BCUT2D eigenvalue weighted by Gasteiger charge is 2.18. The Morgan fingerprint density at radius 3 is 2.06 bits per heavy atom. The molecule has 16 heavy (non-hydrogen) atoms. The zero-order valence-corrected chi connectivity index (χ0v) is 10.3. The van der Waals surface area contributed by atoms with Gasteiger partial charge in [0.15, 0.2) is 6.29 Å². The summed E-state index contributed by atoms with van der Waals surface area (Å²) in [6.07, 6.45) is 0.832. The van der Waals surface area contributed by atoms with Crippen molar-refractivity contribution in [3.63, 3.8) is 0 Å². The van der Waals surface area contributed by atoms with Crippen molar-refractivity contribution in [1.29, 1.82) is 0 Å². The Balaban J connectivity index is 2.12. The SMILES string of the molecule is CC(C)(C)c1ccc(C2OCCCO2)cc1. The maximum atomic E-state index is 5.57. The van der Waals surface area contributed by atoms with Gasteiger partial charge in [0.25, 0.3) is 0 Å². The van der Waals surface area contributed by atoms with Gasteiger partial charge in [0.2, 0.25) is 0 Å². The average molecular weight is 220 g/mol. The first kappa shape index (κ1) is 11.6. The van der Waals surface area contributed by atoms with Crippen LogP contribution in [0.25, 0.3) is 0 Å². The standard InChI is InChI=1S/C14H20O2/c1-14(2,3)12-7-5-11(6-8-12)13-15-9-4-10-16-13/h5-8,13H,4,9-10H2,1-3H3. The van der Waals surface area contributed by atoms with Crippen LogP contribution < -0.4 is 0 Å². The Kier molecular flexibility index (Phi) is 3.31. The van der Waals surface area contributed by atoms with Gasteiger partial charge in [-0.15, -0.1) is 0 Å². The van der Waals surface area contributed by atoms with Crippen LogP contribution in [0.2, 0.25) is 0 Å². The molecule has 0 amide bonds. The molecule has 0 N–H and O–H groups in total. The fourth-order valence-electron chi connectivity index (χ4n) is 1.82. The molecule has 0 atom stereocenters. The van der Waals surface area contributed by atoms with Crippen molar-refractivity contribution >= 4 is 0 Å². The van der Waals surface area contributed by atoms with E-state index in [0.29, 0.717) is 0 Å². The normalized spacial score (nSPS) is 18.7. The highest BCUT2D eigenvalue weighted by molar-refractivity contribution is 5.28. The molecule has 1 heterocycles. The van der Waals surface area contributed by atoms with Crippen LogP contribution in [0.1, 0.15) is 44.6 Å². The molecule has 1 aliphatic heterocycles. The molecule has 0 aromatic heterocycles. The first-order valence-electron chi connectivity index (χ1n) is 5.91. The fourth-order valence-corrected chi connectivity index (χ4v) is 1.82. The molecule has 0 aliphatic carbocycles. The van der Waals surface area contributed by atoms with Gasteiger partial charge in [-0.05, 0) is 17.4 Å². The molecule has 2 nitrogen and oxygen atoms in total. The number of hydrogen-bond acceptors (Lipinski definition) is 2. The van der Waals surface area contributed by atoms with E-state index in [1.165, 1.54) is 5.56 Å². The van der Waals surface area contributed by atoms with Gasteiger partial charge >= 0.3 is 0 Å². The van der Waals surface area contributed by atoms with Gasteiger partial charge in [0.1, 0.15) is 0 Å². The summed E-state index contributed by atoms with van der Waals surface area (Å²) >= 11 is 0. The summed E-state index contributed by atoms with van der Waals surface area (Å²) in [5.41, 5.74) is 2.66. The quantitative estimate of drug-likeness (QED) is 0.722. The fraction of sp³-hybridized carbons (Fsp3) is 0.571. The minimum Gasteiger partial charge on any atom is -0.348 e. The van der Waals surface area contributed by atoms with Crippen LogP contribution in [0, 0.1) is 0 Å². The van der Waals surface area contributed by atoms with Crippen LogP contribution in [-0.2, 0) is 14.9 Å². The van der Waals surface area contributed by atoms with Crippen LogP contribution in [-0.4, -0.2) is 13.2 Å². The maximum absolute atomic E-state index is 5.57. The van der Waals surface area contributed by atoms with Crippen LogP contribution >= 0.6 is 0 Å². The van der Waals surface area contributed by atoms with Gasteiger partial charge in [-0.3, -0.25) is 0 Å². The van der Waals surface area contributed by atoms with Gasteiger partial charge in [0.05, 0.1) is 13.2 Å². The lowest BCUT2D eigenvalue weighted by molar-refractivity contribution is -0.183. The van der Waals surface area contributed by atoms with E-state index in [1.54, 1.807) is 0 Å². The Labute approximate surface area is 97.6 Å². The van der Waals surface area contributed by atoms with Gasteiger partial charge < -0.3 is 9.47 Å². The predicted molar refractivity (Wildman–Crippen MR) is 64.4 cm³/mol. The zero-order chi connectivity index (χ0) is 11.6. The first-order chi connectivity index (χ1) is 7.57. The summed E-state index contributed by atoms with van der Waals surface area (Å²) in [5.74, 6) is 0. The van der Waals surface area contributed by atoms with Crippen LogP contribution in [0.5, 0.6) is 0 Å². The van der Waals surface area contributed by atoms with Gasteiger partial charge in [-0.25, -0.2) is 0 Å². The van der Waals surface area contributed by atoms with Crippen molar-refractivity contribution in [2.24, 2.45) is 0 Å². The summed E-state index contributed by atoms with van der Waals surface area (Å²) in [7, 11) is 0. The first-order valence-corrected chi connectivity index (χ1v) is 5.91. The summed E-state index contributed by atoms with van der Waals surface area (Å²) in [6, 6.07) is 8.54. The third-order valence-electron chi connectivity index (χ3n) is 2.88. The van der Waals surface area contributed by atoms with Gasteiger partial charge in [-0.1, -0.05) is 45.0 Å². The van der Waals surface area contributed by atoms with Gasteiger partial charge in [0, 0.05) is 5.56 Å². The van der Waals surface area contributed by atoms with E-state index in [1.807, 2.05) is 0 Å². The summed E-state index contributed by atoms with van der Waals surface area (Å²) in [6.45, 7) is 8.25. The minimum absolute atomic E-state index is 0.164. The highest BCUT2D eigenvalue weighted by atomic mass is 16.7. The molecule has 1 aromatic carbocycles. The predicted octanol–water partition coefficient (Wildman–Crippen LogP) is 3.42. The Morgan fingerprint density at radius 2 is 1.56 bits per heavy atom. The molecule has 1 fully saturated rings. The van der Waals surface area contributed by atoms with Crippen LogP contribution in [0.15, 0.2) is 24.3 Å². The monoisotopic (exact) mass is 220 g/mol. The number of rotatable bonds is 1. The largest absolute Gasteiger partial charge is 0.348 e. The van der Waals surface area contributed by atoms with Crippen molar-refractivity contribution in [3.8, 4) is 0 Å². The third-order valence-corrected chi connectivity index (χ3v) is 2.88. The number of ether oxygens (including phenoxy) is 2. The second-order valence-electron chi connectivity index (χ2n) is 5.30. The molecule has 0 saturated carbocycles. The molecule has 2 heteroatoms. The van der Waals surface area contributed by atoms with Crippen molar-refractivity contribution in [1.82, 2.24) is 0 Å². The van der Waals surface area contributed by atoms with E-state index in [9.17, 15) is 0 Å². The average Bonchev–Trinajstić information content (AvgIpc) is 2.29. The number of benzene rings is 1. The summed E-state index contributed by atoms with van der Waals surface area (Å²) < 4.78 is 11.1. The second kappa shape index (κ2) is 4.56. The lowest BCUT2D eigenvalue weighted by Crippen LogP contribution is -2.18. The smallest absolute Gasteiger partial charge is 0.183 e. The Morgan fingerprint density at radius 1 is 1.00 bits per heavy atom. The molecule has 0 unspecified atom stereocenters. The second-order valence-corrected chi connectivity index (χ2v) is 5.30. The van der Waals surface area contributed by atoms with Crippen molar-refractivity contribution in [3.05, 3.63) is 35.4 Å². The molecule has 0 radical (unpaired) electrons. The lowest BCUT2D eigenvalue weighted by Gasteiger charge is -2.25. The molecule has 2 rings (SSSR count). The topological polar surface area (TPSA) is 18.5 Å². The van der Waals surface area contributed by atoms with Crippen molar-refractivity contribution in [2.75, 3.05) is 13.2 Å². The van der Waals surface area contributed by atoms with E-state index in [2.05, 4.69) is 45.0 Å². The van der Waals surface area contributed by atoms with Crippen LogP contribution in [0.3, 0.4) is 0 Å². The molecular formula is C14H20O2. The Hall–Kier alpha value is -0.860. The molecule has 88 valence electrons. The third kappa shape index (κ3) is 2.63. The molecule has 0 spiro atoms. The lowest BCUT2D eigenvalue weighted by atomic mass is 9.87. The van der Waals surface area contributed by atoms with Crippen molar-refractivity contribution < 1.29 is 9.47 Å². The molecular weight excluding hydrogens is 200 g/mol. The minimum atomic E-state index is -0.164. The van der Waals surface area contributed by atoms with E-state index in [4.69, 9.17) is 9.47 Å². The summed E-state index contributed by atoms with van der Waals surface area (Å²) in [4.78, 5) is 0. The zero-order valence-electron chi connectivity index (χ0n) is 10.3. The van der Waals surface area contributed by atoms with E-state index < -0.39 is 0 Å². The molecule has 1 aliphatic rings. The maximum Gasteiger partial charge on any atom is 0.183 e. The van der Waals surface area contributed by atoms with E-state index >= 15 is 0 Å². The van der Waals surface area contributed by atoms with Crippen molar-refractivity contribution in [2.45, 2.75) is 38.9 Å². The molecule has 1 aromatic rings.